The van der Waals surface area contributed by atoms with Crippen molar-refractivity contribution in [3.05, 3.63) is 24.2 Å². The van der Waals surface area contributed by atoms with Gasteiger partial charge in [0.1, 0.15) is 11.5 Å². The van der Waals surface area contributed by atoms with E-state index in [2.05, 4.69) is 13.8 Å². The fourth-order valence-electron chi connectivity index (χ4n) is 1.28. The highest BCUT2D eigenvalue weighted by atomic mass is 32.2. The first-order valence-electron chi connectivity index (χ1n) is 4.78. The van der Waals surface area contributed by atoms with E-state index in [1.165, 1.54) is 0 Å². The van der Waals surface area contributed by atoms with Gasteiger partial charge in [-0.3, -0.25) is 4.79 Å². The lowest BCUT2D eigenvalue weighted by atomic mass is 10.2. The molecule has 0 bridgehead atoms. The van der Waals surface area contributed by atoms with Gasteiger partial charge in [0.2, 0.25) is 0 Å². The largest absolute Gasteiger partial charge is 0.468 e. The molecule has 1 aromatic rings. The summed E-state index contributed by atoms with van der Waals surface area (Å²) in [6, 6.07) is 3.80. The number of carbonyl (C=O) groups excluding carboxylic acids is 1. The standard InChI is InChI=1S/C11H16O2S/c1-8(2)14-11(7-9(3)12)10-5-4-6-13-10/h4-6,8,11H,7H2,1-3H3. The maximum atomic E-state index is 11.1. The number of hydrogen-bond acceptors (Lipinski definition) is 3. The maximum absolute atomic E-state index is 11.1. The highest BCUT2D eigenvalue weighted by molar-refractivity contribution is 8.00. The number of hydrogen-bond donors (Lipinski definition) is 0. The molecule has 3 heteroatoms. The minimum Gasteiger partial charge on any atom is -0.468 e. The van der Waals surface area contributed by atoms with Crippen LogP contribution < -0.4 is 0 Å². The van der Waals surface area contributed by atoms with E-state index in [9.17, 15) is 4.79 Å². The van der Waals surface area contributed by atoms with E-state index in [1.54, 1.807) is 24.9 Å². The van der Waals surface area contributed by atoms with E-state index in [0.29, 0.717) is 11.7 Å². The molecule has 1 atom stereocenters. The Morgan fingerprint density at radius 1 is 1.57 bits per heavy atom. The first-order chi connectivity index (χ1) is 6.59. The van der Waals surface area contributed by atoms with E-state index < -0.39 is 0 Å². The summed E-state index contributed by atoms with van der Waals surface area (Å²) in [4.78, 5) is 11.1. The Labute approximate surface area is 89.1 Å². The topological polar surface area (TPSA) is 30.2 Å². The van der Waals surface area contributed by atoms with Gasteiger partial charge < -0.3 is 4.42 Å². The molecule has 14 heavy (non-hydrogen) atoms. The monoisotopic (exact) mass is 212 g/mol. The molecule has 0 aliphatic rings. The number of Topliss-reactive ketones (excluding diaryl/α,β-unsaturated/α-hetero) is 1. The second-order valence-electron chi connectivity index (χ2n) is 3.60. The Kier molecular flexibility index (Phi) is 4.26. The van der Waals surface area contributed by atoms with Crippen LogP contribution in [-0.4, -0.2) is 11.0 Å². The zero-order valence-electron chi connectivity index (χ0n) is 8.82. The second-order valence-corrected chi connectivity index (χ2v) is 5.38. The van der Waals surface area contributed by atoms with Gasteiger partial charge in [0.25, 0.3) is 0 Å². The van der Waals surface area contributed by atoms with Gasteiger partial charge in [0.15, 0.2) is 0 Å². The molecular weight excluding hydrogens is 196 g/mol. The first-order valence-corrected chi connectivity index (χ1v) is 5.72. The third-order valence-electron chi connectivity index (χ3n) is 1.77. The molecule has 1 unspecified atom stereocenters. The average molecular weight is 212 g/mol. The van der Waals surface area contributed by atoms with Crippen molar-refractivity contribution in [2.45, 2.75) is 37.7 Å². The molecule has 0 saturated carbocycles. The van der Waals surface area contributed by atoms with Gasteiger partial charge in [0, 0.05) is 6.42 Å². The number of rotatable bonds is 5. The summed E-state index contributed by atoms with van der Waals surface area (Å²) in [5, 5.41) is 0.673. The third kappa shape index (κ3) is 3.58. The van der Waals surface area contributed by atoms with Crippen LogP contribution in [0.5, 0.6) is 0 Å². The molecular formula is C11H16O2S. The number of ketones is 1. The van der Waals surface area contributed by atoms with Crippen LogP contribution in [0.2, 0.25) is 0 Å². The van der Waals surface area contributed by atoms with Gasteiger partial charge in [-0.25, -0.2) is 0 Å². The minimum absolute atomic E-state index is 0.169. The van der Waals surface area contributed by atoms with Crippen molar-refractivity contribution in [1.29, 1.82) is 0 Å². The normalized spacial score (nSPS) is 13.1. The molecule has 1 aromatic heterocycles. The smallest absolute Gasteiger partial charge is 0.131 e. The van der Waals surface area contributed by atoms with E-state index in [4.69, 9.17) is 4.42 Å². The Morgan fingerprint density at radius 3 is 2.71 bits per heavy atom. The van der Waals surface area contributed by atoms with Gasteiger partial charge in [-0.1, -0.05) is 13.8 Å². The lowest BCUT2D eigenvalue weighted by molar-refractivity contribution is -0.117. The highest BCUT2D eigenvalue weighted by Crippen LogP contribution is 2.35. The summed E-state index contributed by atoms with van der Waals surface area (Å²) in [6.07, 6.45) is 2.21. The zero-order chi connectivity index (χ0) is 10.6. The molecule has 78 valence electrons. The van der Waals surface area contributed by atoms with Crippen molar-refractivity contribution in [3.8, 4) is 0 Å². The van der Waals surface area contributed by atoms with Crippen molar-refractivity contribution in [3.63, 3.8) is 0 Å². The number of furan rings is 1. The Morgan fingerprint density at radius 2 is 2.29 bits per heavy atom. The summed E-state index contributed by atoms with van der Waals surface area (Å²) < 4.78 is 5.32. The SMILES string of the molecule is CC(=O)CC(SC(C)C)c1ccco1. The quantitative estimate of drug-likeness (QED) is 0.749. The third-order valence-corrected chi connectivity index (χ3v) is 3.04. The molecule has 0 aromatic carbocycles. The fraction of sp³-hybridized carbons (Fsp3) is 0.545. The van der Waals surface area contributed by atoms with Crippen molar-refractivity contribution in [1.82, 2.24) is 0 Å². The molecule has 0 radical (unpaired) electrons. The van der Waals surface area contributed by atoms with E-state index in [0.717, 1.165) is 5.76 Å². The molecule has 0 spiro atoms. The van der Waals surface area contributed by atoms with Gasteiger partial charge in [0.05, 0.1) is 11.5 Å². The number of carbonyl (C=O) groups is 1. The lowest BCUT2D eigenvalue weighted by Gasteiger charge is -2.14. The first kappa shape index (κ1) is 11.4. The van der Waals surface area contributed by atoms with Crippen molar-refractivity contribution < 1.29 is 9.21 Å². The number of thioether (sulfide) groups is 1. The molecule has 0 aliphatic heterocycles. The highest BCUT2D eigenvalue weighted by Gasteiger charge is 2.18. The van der Waals surface area contributed by atoms with Crippen molar-refractivity contribution >= 4 is 17.5 Å². The van der Waals surface area contributed by atoms with E-state index >= 15 is 0 Å². The van der Waals surface area contributed by atoms with Gasteiger partial charge in [-0.2, -0.15) is 0 Å². The van der Waals surface area contributed by atoms with Gasteiger partial charge >= 0.3 is 0 Å². The van der Waals surface area contributed by atoms with Crippen molar-refractivity contribution in [2.24, 2.45) is 0 Å². The molecule has 0 saturated heterocycles. The average Bonchev–Trinajstić information content (AvgIpc) is 2.52. The molecule has 0 fully saturated rings. The zero-order valence-corrected chi connectivity index (χ0v) is 9.64. The van der Waals surface area contributed by atoms with Crippen LogP contribution in [0, 0.1) is 0 Å². The van der Waals surface area contributed by atoms with Crippen LogP contribution in [0.15, 0.2) is 22.8 Å². The van der Waals surface area contributed by atoms with E-state index in [1.807, 2.05) is 12.1 Å². The van der Waals surface area contributed by atoms with Gasteiger partial charge in [-0.05, 0) is 24.3 Å². The van der Waals surface area contributed by atoms with Gasteiger partial charge in [-0.15, -0.1) is 11.8 Å². The maximum Gasteiger partial charge on any atom is 0.131 e. The molecule has 0 N–H and O–H groups in total. The summed E-state index contributed by atoms with van der Waals surface area (Å²) in [5.74, 6) is 1.11. The predicted octanol–water partition coefficient (Wildman–Crippen LogP) is 3.44. The lowest BCUT2D eigenvalue weighted by Crippen LogP contribution is -2.03. The van der Waals surface area contributed by atoms with Crippen LogP contribution in [0.3, 0.4) is 0 Å². The van der Waals surface area contributed by atoms with Crippen LogP contribution in [0.25, 0.3) is 0 Å². The van der Waals surface area contributed by atoms with Crippen molar-refractivity contribution in [2.75, 3.05) is 0 Å². The van der Waals surface area contributed by atoms with Crippen LogP contribution in [0.1, 0.15) is 38.2 Å². The van der Waals surface area contributed by atoms with Crippen LogP contribution in [-0.2, 0) is 4.79 Å². The second kappa shape index (κ2) is 5.25. The Hall–Kier alpha value is -0.700. The van der Waals surface area contributed by atoms with E-state index in [-0.39, 0.29) is 11.0 Å². The molecule has 0 aliphatic carbocycles. The molecule has 1 heterocycles. The molecule has 0 amide bonds. The summed E-state index contributed by atoms with van der Waals surface area (Å²) in [6.45, 7) is 5.87. The Bertz CT molecular complexity index is 277. The minimum atomic E-state index is 0.169. The summed E-state index contributed by atoms with van der Waals surface area (Å²) in [5.41, 5.74) is 0. The Balaban J connectivity index is 2.67. The molecule has 2 nitrogen and oxygen atoms in total. The van der Waals surface area contributed by atoms with Crippen LogP contribution >= 0.6 is 11.8 Å². The predicted molar refractivity (Wildman–Crippen MR) is 59.5 cm³/mol. The molecule has 1 rings (SSSR count). The van der Waals surface area contributed by atoms with Crippen LogP contribution in [0.4, 0.5) is 0 Å². The fourth-order valence-corrected chi connectivity index (χ4v) is 2.54. The summed E-state index contributed by atoms with van der Waals surface area (Å²) >= 11 is 1.77. The summed E-state index contributed by atoms with van der Waals surface area (Å²) in [7, 11) is 0.